The Bertz CT molecular complexity index is 1380. The third kappa shape index (κ3) is 4.43. The molecular weight excluding hydrogens is 477 g/mol. The van der Waals surface area contributed by atoms with Crippen molar-refractivity contribution in [1.29, 1.82) is 0 Å². The smallest absolute Gasteiger partial charge is 0.255 e. The Kier molecular flexibility index (Phi) is 5.86. The largest absolute Gasteiger partial charge is 0.493 e. The van der Waals surface area contributed by atoms with Gasteiger partial charge in [-0.15, -0.1) is 0 Å². The van der Waals surface area contributed by atoms with E-state index in [2.05, 4.69) is 20.3 Å². The molecule has 1 atom stereocenters. The van der Waals surface area contributed by atoms with Crippen molar-refractivity contribution in [3.05, 3.63) is 41.6 Å². The number of carbonyl (C=O) groups excluding carboxylic acids is 2. The number of carbonyl (C=O) groups is 2. The van der Waals surface area contributed by atoms with Crippen LogP contribution >= 0.6 is 0 Å². The number of halogens is 1. The van der Waals surface area contributed by atoms with Crippen LogP contribution in [-0.4, -0.2) is 71.1 Å². The SMILES string of the molecule is COCC(=O)N1C[C@@H](NC(=O)c2c(C)[nH]c3c(-c4cc(F)ccc4OCC4CC4)ncnc23)C2(CC2)C1. The van der Waals surface area contributed by atoms with Crippen LogP contribution in [0.15, 0.2) is 24.5 Å². The highest BCUT2D eigenvalue weighted by molar-refractivity contribution is 6.09. The highest BCUT2D eigenvalue weighted by Crippen LogP contribution is 2.53. The van der Waals surface area contributed by atoms with Crippen molar-refractivity contribution in [2.75, 3.05) is 33.4 Å². The molecule has 0 bridgehead atoms. The van der Waals surface area contributed by atoms with Crippen LogP contribution in [0.3, 0.4) is 0 Å². The van der Waals surface area contributed by atoms with Gasteiger partial charge in [-0.1, -0.05) is 0 Å². The van der Waals surface area contributed by atoms with Crippen molar-refractivity contribution in [3.63, 3.8) is 0 Å². The minimum absolute atomic E-state index is 0.0322. The van der Waals surface area contributed by atoms with Crippen LogP contribution < -0.4 is 10.1 Å². The van der Waals surface area contributed by atoms with E-state index in [-0.39, 0.29) is 29.9 Å². The fraction of sp³-hybridized carbons (Fsp3) is 0.481. The predicted molar refractivity (Wildman–Crippen MR) is 134 cm³/mol. The van der Waals surface area contributed by atoms with E-state index in [0.717, 1.165) is 25.7 Å². The highest BCUT2D eigenvalue weighted by atomic mass is 19.1. The van der Waals surface area contributed by atoms with E-state index in [9.17, 15) is 14.0 Å². The molecule has 2 aromatic heterocycles. The minimum atomic E-state index is -0.398. The number of aromatic amines is 1. The molecule has 6 rings (SSSR count). The van der Waals surface area contributed by atoms with Gasteiger partial charge in [0.25, 0.3) is 5.91 Å². The number of hydrogen-bond acceptors (Lipinski definition) is 6. The zero-order valence-electron chi connectivity index (χ0n) is 21.0. The van der Waals surface area contributed by atoms with Crippen molar-refractivity contribution in [2.24, 2.45) is 11.3 Å². The molecule has 3 fully saturated rings. The number of rotatable bonds is 8. The summed E-state index contributed by atoms with van der Waals surface area (Å²) in [5, 5.41) is 3.17. The Balaban J connectivity index is 1.30. The van der Waals surface area contributed by atoms with E-state index in [0.29, 0.717) is 64.9 Å². The number of nitrogens with zero attached hydrogens (tertiary/aromatic N) is 3. The summed E-state index contributed by atoms with van der Waals surface area (Å²) in [7, 11) is 1.50. The van der Waals surface area contributed by atoms with Crippen LogP contribution in [0.1, 0.15) is 41.7 Å². The molecule has 3 aliphatic rings. The van der Waals surface area contributed by atoms with Gasteiger partial charge in [0.2, 0.25) is 5.91 Å². The molecule has 1 aromatic carbocycles. The van der Waals surface area contributed by atoms with E-state index in [1.807, 2.05) is 6.92 Å². The van der Waals surface area contributed by atoms with Gasteiger partial charge in [-0.3, -0.25) is 9.59 Å². The van der Waals surface area contributed by atoms with Crippen molar-refractivity contribution in [1.82, 2.24) is 25.2 Å². The zero-order chi connectivity index (χ0) is 25.7. The van der Waals surface area contributed by atoms with E-state index in [1.165, 1.54) is 25.6 Å². The Hall–Kier alpha value is -3.53. The summed E-state index contributed by atoms with van der Waals surface area (Å²) in [6, 6.07) is 4.26. The number of nitrogens with one attached hydrogen (secondary N) is 2. The molecule has 1 spiro atoms. The van der Waals surface area contributed by atoms with Gasteiger partial charge in [0.15, 0.2) is 0 Å². The number of aromatic nitrogens is 3. The lowest BCUT2D eigenvalue weighted by Gasteiger charge is -2.18. The molecule has 2 amide bonds. The summed E-state index contributed by atoms with van der Waals surface area (Å²) < 4.78 is 25.3. The number of fused-ring (bicyclic) bond motifs is 1. The molecule has 194 valence electrons. The Labute approximate surface area is 213 Å². The molecule has 10 heteroatoms. The summed E-state index contributed by atoms with van der Waals surface area (Å²) >= 11 is 0. The molecule has 0 unspecified atom stereocenters. The third-order valence-electron chi connectivity index (χ3n) is 7.83. The van der Waals surface area contributed by atoms with Gasteiger partial charge in [0.05, 0.1) is 23.7 Å². The molecule has 37 heavy (non-hydrogen) atoms. The molecule has 3 aromatic rings. The fourth-order valence-electron chi connectivity index (χ4n) is 5.38. The maximum atomic E-state index is 14.3. The summed E-state index contributed by atoms with van der Waals surface area (Å²) in [6.07, 6.45) is 5.61. The summed E-state index contributed by atoms with van der Waals surface area (Å²) in [6.45, 7) is 3.51. The average molecular weight is 508 g/mol. The van der Waals surface area contributed by atoms with Crippen molar-refractivity contribution in [3.8, 4) is 17.0 Å². The summed E-state index contributed by atoms with van der Waals surface area (Å²) in [5.74, 6) is 0.368. The lowest BCUT2D eigenvalue weighted by atomic mass is 10.0. The van der Waals surface area contributed by atoms with E-state index in [4.69, 9.17) is 9.47 Å². The van der Waals surface area contributed by atoms with Gasteiger partial charge in [-0.05, 0) is 56.7 Å². The first kappa shape index (κ1) is 23.8. The standard InChI is InChI=1S/C27H30FN5O4/c1-15-22(26(35)32-20-10-33(21(34)12-36-2)13-27(20)7-8-27)24-25(31-15)23(29-14-30-24)18-9-17(28)5-6-19(18)37-11-16-3-4-16/h5-6,9,14,16,20,31H,3-4,7-8,10-13H2,1-2H3,(H,32,35)/t20-/m1/s1. The van der Waals surface area contributed by atoms with Gasteiger partial charge in [0, 0.05) is 36.9 Å². The van der Waals surface area contributed by atoms with Gasteiger partial charge < -0.3 is 24.7 Å². The minimum Gasteiger partial charge on any atom is -0.493 e. The number of aryl methyl sites for hydroxylation is 1. The molecular formula is C27H30FN5O4. The number of methoxy groups -OCH3 is 1. The number of ether oxygens (including phenoxy) is 2. The second-order valence-corrected chi connectivity index (χ2v) is 10.6. The third-order valence-corrected chi connectivity index (χ3v) is 7.83. The lowest BCUT2D eigenvalue weighted by Crippen LogP contribution is -2.42. The van der Waals surface area contributed by atoms with E-state index >= 15 is 0 Å². The Morgan fingerprint density at radius 3 is 2.81 bits per heavy atom. The van der Waals surface area contributed by atoms with E-state index < -0.39 is 5.82 Å². The first-order chi connectivity index (χ1) is 17.9. The number of H-pyrrole nitrogens is 1. The first-order valence-corrected chi connectivity index (χ1v) is 12.7. The normalized spacial score (nSPS) is 20.0. The zero-order valence-corrected chi connectivity index (χ0v) is 21.0. The Morgan fingerprint density at radius 2 is 2.08 bits per heavy atom. The molecule has 2 aliphatic carbocycles. The van der Waals surface area contributed by atoms with Crippen molar-refractivity contribution in [2.45, 2.75) is 38.6 Å². The Morgan fingerprint density at radius 1 is 1.27 bits per heavy atom. The first-order valence-electron chi connectivity index (χ1n) is 12.7. The van der Waals surface area contributed by atoms with Crippen LogP contribution in [0, 0.1) is 24.1 Å². The maximum Gasteiger partial charge on any atom is 0.255 e. The van der Waals surface area contributed by atoms with Crippen LogP contribution in [-0.2, 0) is 9.53 Å². The summed E-state index contributed by atoms with van der Waals surface area (Å²) in [5.41, 5.74) is 3.00. The lowest BCUT2D eigenvalue weighted by molar-refractivity contribution is -0.134. The number of benzene rings is 1. The highest BCUT2D eigenvalue weighted by Gasteiger charge is 2.56. The van der Waals surface area contributed by atoms with Gasteiger partial charge >= 0.3 is 0 Å². The quantitative estimate of drug-likeness (QED) is 0.485. The van der Waals surface area contributed by atoms with Crippen LogP contribution in [0.2, 0.25) is 0 Å². The van der Waals surface area contributed by atoms with Gasteiger partial charge in [-0.25, -0.2) is 14.4 Å². The predicted octanol–water partition coefficient (Wildman–Crippen LogP) is 3.23. The van der Waals surface area contributed by atoms with Crippen LogP contribution in [0.5, 0.6) is 5.75 Å². The maximum absolute atomic E-state index is 14.3. The fourth-order valence-corrected chi connectivity index (χ4v) is 5.38. The molecule has 1 aliphatic heterocycles. The molecule has 0 radical (unpaired) electrons. The molecule has 9 nitrogen and oxygen atoms in total. The van der Waals surface area contributed by atoms with Crippen LogP contribution in [0.25, 0.3) is 22.3 Å². The van der Waals surface area contributed by atoms with E-state index in [1.54, 1.807) is 11.0 Å². The number of amides is 2. The molecule has 2 N–H and O–H groups in total. The second-order valence-electron chi connectivity index (χ2n) is 10.6. The molecule has 1 saturated heterocycles. The van der Waals surface area contributed by atoms with Gasteiger partial charge in [0.1, 0.15) is 35.7 Å². The monoisotopic (exact) mass is 507 g/mol. The van der Waals surface area contributed by atoms with Crippen molar-refractivity contribution >= 4 is 22.8 Å². The van der Waals surface area contributed by atoms with Crippen LogP contribution in [0.4, 0.5) is 4.39 Å². The number of hydrogen-bond donors (Lipinski definition) is 2. The topological polar surface area (TPSA) is 109 Å². The van der Waals surface area contributed by atoms with Crippen molar-refractivity contribution < 1.29 is 23.5 Å². The summed E-state index contributed by atoms with van der Waals surface area (Å²) in [4.78, 5) is 39.8. The average Bonchev–Trinajstić information content (AvgIpc) is 3.78. The molecule has 3 heterocycles. The molecule has 2 saturated carbocycles. The number of likely N-dealkylation sites (tertiary alicyclic amines) is 1. The van der Waals surface area contributed by atoms with Gasteiger partial charge in [-0.2, -0.15) is 0 Å². The second kappa shape index (κ2) is 9.09.